The van der Waals surface area contributed by atoms with Crippen LogP contribution in [-0.4, -0.2) is 43.7 Å². The summed E-state index contributed by atoms with van der Waals surface area (Å²) in [5.74, 6) is -0.0556. The predicted octanol–water partition coefficient (Wildman–Crippen LogP) is 2.50. The highest BCUT2D eigenvalue weighted by Gasteiger charge is 2.13. The molecule has 0 saturated carbocycles. The summed E-state index contributed by atoms with van der Waals surface area (Å²) in [7, 11) is 1.61. The van der Waals surface area contributed by atoms with Gasteiger partial charge in [0.25, 0.3) is 11.8 Å². The Hall–Kier alpha value is -2.93. The molecule has 0 unspecified atom stereocenters. The van der Waals surface area contributed by atoms with Crippen molar-refractivity contribution in [2.24, 2.45) is 0 Å². The average molecular weight is 357 g/mol. The summed E-state index contributed by atoms with van der Waals surface area (Å²) >= 11 is 0. The van der Waals surface area contributed by atoms with Crippen molar-refractivity contribution in [2.75, 3.05) is 32.2 Å². The van der Waals surface area contributed by atoms with E-state index in [2.05, 4.69) is 15.6 Å². The Morgan fingerprint density at radius 1 is 1.12 bits per heavy atom. The van der Waals surface area contributed by atoms with Crippen molar-refractivity contribution in [3.05, 3.63) is 53.9 Å². The number of nitrogens with one attached hydrogen (secondary N) is 2. The van der Waals surface area contributed by atoms with Crippen LogP contribution in [0.15, 0.2) is 42.7 Å². The number of anilines is 1. The van der Waals surface area contributed by atoms with Crippen molar-refractivity contribution < 1.29 is 19.1 Å². The molecule has 1 aromatic heterocycles. The van der Waals surface area contributed by atoms with Crippen LogP contribution in [0.4, 0.5) is 5.69 Å². The molecule has 1 aromatic carbocycles. The Kier molecular flexibility index (Phi) is 7.57. The van der Waals surface area contributed by atoms with Gasteiger partial charge >= 0.3 is 0 Å². The van der Waals surface area contributed by atoms with Crippen LogP contribution in [0.25, 0.3) is 0 Å². The molecule has 2 rings (SSSR count). The first kappa shape index (κ1) is 19.4. The zero-order valence-corrected chi connectivity index (χ0v) is 15.0. The number of hydrogen-bond donors (Lipinski definition) is 2. The molecule has 2 amide bonds. The second-order valence-electron chi connectivity index (χ2n) is 5.45. The summed E-state index contributed by atoms with van der Waals surface area (Å²) in [6, 6.07) is 8.68. The first-order valence-corrected chi connectivity index (χ1v) is 8.41. The number of pyridine rings is 1. The van der Waals surface area contributed by atoms with Crippen molar-refractivity contribution in [3.8, 4) is 5.75 Å². The molecule has 26 heavy (non-hydrogen) atoms. The molecule has 0 aliphatic rings. The number of ether oxygens (including phenoxy) is 2. The van der Waals surface area contributed by atoms with E-state index >= 15 is 0 Å². The van der Waals surface area contributed by atoms with E-state index in [0.29, 0.717) is 48.7 Å². The number of hydrogen-bond acceptors (Lipinski definition) is 5. The molecule has 0 spiro atoms. The molecule has 0 radical (unpaired) electrons. The third-order valence-electron chi connectivity index (χ3n) is 3.51. The third kappa shape index (κ3) is 5.56. The normalized spacial score (nSPS) is 10.2. The Bertz CT molecular complexity index is 749. The lowest BCUT2D eigenvalue weighted by Crippen LogP contribution is -2.25. The van der Waals surface area contributed by atoms with Gasteiger partial charge in [0.2, 0.25) is 0 Å². The maximum Gasteiger partial charge on any atom is 0.257 e. The highest BCUT2D eigenvalue weighted by atomic mass is 16.5. The van der Waals surface area contributed by atoms with Gasteiger partial charge in [-0.2, -0.15) is 0 Å². The van der Waals surface area contributed by atoms with Crippen LogP contribution in [0.5, 0.6) is 5.75 Å². The summed E-state index contributed by atoms with van der Waals surface area (Å²) < 4.78 is 10.4. The molecule has 2 aromatic rings. The fraction of sp³-hybridized carbons (Fsp3) is 0.316. The molecule has 0 saturated heterocycles. The molecule has 0 bridgehead atoms. The fourth-order valence-corrected chi connectivity index (χ4v) is 2.25. The minimum atomic E-state index is -0.362. The first-order valence-electron chi connectivity index (χ1n) is 8.41. The minimum Gasteiger partial charge on any atom is -0.492 e. The van der Waals surface area contributed by atoms with Gasteiger partial charge in [-0.1, -0.05) is 12.1 Å². The SMILES string of the molecule is CCOc1ccccc1NC(=O)c1cncc(C(=O)NCCCOC)c1. The number of rotatable bonds is 9. The third-order valence-corrected chi connectivity index (χ3v) is 3.51. The molecule has 0 aliphatic carbocycles. The van der Waals surface area contributed by atoms with E-state index < -0.39 is 0 Å². The van der Waals surface area contributed by atoms with Crippen molar-refractivity contribution in [3.63, 3.8) is 0 Å². The lowest BCUT2D eigenvalue weighted by atomic mass is 10.1. The monoisotopic (exact) mass is 357 g/mol. The number of nitrogens with zero attached hydrogens (tertiary/aromatic N) is 1. The van der Waals surface area contributed by atoms with E-state index in [-0.39, 0.29) is 11.8 Å². The fourth-order valence-electron chi connectivity index (χ4n) is 2.25. The molecule has 7 nitrogen and oxygen atoms in total. The van der Waals surface area contributed by atoms with Gasteiger partial charge < -0.3 is 20.1 Å². The number of methoxy groups -OCH3 is 1. The summed E-state index contributed by atoms with van der Waals surface area (Å²) in [5.41, 5.74) is 1.18. The van der Waals surface area contributed by atoms with E-state index in [0.717, 1.165) is 0 Å². The van der Waals surface area contributed by atoms with E-state index in [1.54, 1.807) is 25.3 Å². The van der Waals surface area contributed by atoms with Crippen LogP contribution in [0.1, 0.15) is 34.1 Å². The number of aromatic nitrogens is 1. The summed E-state index contributed by atoms with van der Waals surface area (Å²) in [4.78, 5) is 28.6. The summed E-state index contributed by atoms with van der Waals surface area (Å²) in [6.07, 6.45) is 3.56. The first-order chi connectivity index (χ1) is 12.7. The van der Waals surface area contributed by atoms with Crippen molar-refractivity contribution in [1.29, 1.82) is 0 Å². The average Bonchev–Trinajstić information content (AvgIpc) is 2.67. The lowest BCUT2D eigenvalue weighted by molar-refractivity contribution is 0.0948. The molecular weight excluding hydrogens is 334 g/mol. The molecule has 0 atom stereocenters. The van der Waals surface area contributed by atoms with Gasteiger partial charge in [0.15, 0.2) is 0 Å². The largest absolute Gasteiger partial charge is 0.492 e. The van der Waals surface area contributed by atoms with Crippen LogP contribution in [0.3, 0.4) is 0 Å². The Morgan fingerprint density at radius 3 is 2.58 bits per heavy atom. The maximum atomic E-state index is 12.5. The highest BCUT2D eigenvalue weighted by molar-refractivity contribution is 6.06. The Morgan fingerprint density at radius 2 is 1.85 bits per heavy atom. The quantitative estimate of drug-likeness (QED) is 0.673. The zero-order valence-electron chi connectivity index (χ0n) is 15.0. The molecular formula is C19H23N3O4. The highest BCUT2D eigenvalue weighted by Crippen LogP contribution is 2.24. The van der Waals surface area contributed by atoms with E-state index in [1.807, 2.05) is 13.0 Å². The van der Waals surface area contributed by atoms with Crippen molar-refractivity contribution in [2.45, 2.75) is 13.3 Å². The summed E-state index contributed by atoms with van der Waals surface area (Å²) in [6.45, 7) is 3.43. The van der Waals surface area contributed by atoms with Crippen molar-refractivity contribution in [1.82, 2.24) is 10.3 Å². The Balaban J connectivity index is 2.05. The van der Waals surface area contributed by atoms with Gasteiger partial charge in [0.1, 0.15) is 5.75 Å². The standard InChI is InChI=1S/C19H23N3O4/c1-3-26-17-8-5-4-7-16(17)22-19(24)15-11-14(12-20-13-15)18(23)21-9-6-10-25-2/h4-5,7-8,11-13H,3,6,9-10H2,1-2H3,(H,21,23)(H,22,24). The van der Waals surface area contributed by atoms with Crippen molar-refractivity contribution >= 4 is 17.5 Å². The van der Waals surface area contributed by atoms with E-state index in [9.17, 15) is 9.59 Å². The Labute approximate surface area is 152 Å². The maximum absolute atomic E-state index is 12.5. The zero-order chi connectivity index (χ0) is 18.8. The molecule has 1 heterocycles. The second kappa shape index (κ2) is 10.1. The molecule has 2 N–H and O–H groups in total. The van der Waals surface area contributed by atoms with Gasteiger partial charge in [-0.25, -0.2) is 0 Å². The molecule has 0 aliphatic heterocycles. The van der Waals surface area contributed by atoms with Gasteiger partial charge in [-0.05, 0) is 31.5 Å². The second-order valence-corrected chi connectivity index (χ2v) is 5.45. The van der Waals surface area contributed by atoms with E-state index in [4.69, 9.17) is 9.47 Å². The van der Waals surface area contributed by atoms with Crippen LogP contribution in [0, 0.1) is 0 Å². The number of carbonyl (C=O) groups excluding carboxylic acids is 2. The van der Waals surface area contributed by atoms with E-state index in [1.165, 1.54) is 18.5 Å². The van der Waals surface area contributed by atoms with Crippen LogP contribution < -0.4 is 15.4 Å². The van der Waals surface area contributed by atoms with Crippen LogP contribution in [0.2, 0.25) is 0 Å². The topological polar surface area (TPSA) is 89.5 Å². The molecule has 138 valence electrons. The number of benzene rings is 1. The minimum absolute atomic E-state index is 0.280. The lowest BCUT2D eigenvalue weighted by Gasteiger charge is -2.11. The molecule has 7 heteroatoms. The van der Waals surface area contributed by atoms with Gasteiger partial charge in [0.05, 0.1) is 23.4 Å². The van der Waals surface area contributed by atoms with Crippen LogP contribution >= 0.6 is 0 Å². The van der Waals surface area contributed by atoms with Gasteiger partial charge in [-0.3, -0.25) is 14.6 Å². The van der Waals surface area contributed by atoms with Crippen LogP contribution in [-0.2, 0) is 4.74 Å². The number of amides is 2. The molecule has 0 fully saturated rings. The van der Waals surface area contributed by atoms with Gasteiger partial charge in [-0.15, -0.1) is 0 Å². The predicted molar refractivity (Wildman–Crippen MR) is 98.6 cm³/mol. The summed E-state index contributed by atoms with van der Waals surface area (Å²) in [5, 5.41) is 5.55. The number of para-hydroxylation sites is 2. The van der Waals surface area contributed by atoms with Gasteiger partial charge in [0, 0.05) is 32.7 Å². The smallest absolute Gasteiger partial charge is 0.257 e. The number of carbonyl (C=O) groups is 2.